The second-order valence-electron chi connectivity index (χ2n) is 12.2. The largest absolute Gasteiger partial charge is 0.460 e. The molecule has 1 aliphatic carbocycles. The molecule has 1 aliphatic rings. The monoisotopic (exact) mass is 492 g/mol. The molecular formula is C32H44O4. The average molecular weight is 493 g/mol. The lowest BCUT2D eigenvalue weighted by molar-refractivity contribution is -0.163. The molecule has 0 heterocycles. The van der Waals surface area contributed by atoms with Crippen molar-refractivity contribution in [3.8, 4) is 0 Å². The molecule has 2 aromatic rings. The molecule has 0 aromatic heterocycles. The highest BCUT2D eigenvalue weighted by Crippen LogP contribution is 2.47. The summed E-state index contributed by atoms with van der Waals surface area (Å²) in [5, 5.41) is 0. The van der Waals surface area contributed by atoms with Gasteiger partial charge in [-0.15, -0.1) is 0 Å². The highest BCUT2D eigenvalue weighted by molar-refractivity contribution is 5.77. The molecule has 0 amide bonds. The van der Waals surface area contributed by atoms with E-state index >= 15 is 0 Å². The third-order valence-corrected chi connectivity index (χ3v) is 7.02. The molecule has 36 heavy (non-hydrogen) atoms. The quantitative estimate of drug-likeness (QED) is 0.412. The van der Waals surface area contributed by atoms with Gasteiger partial charge in [0, 0.05) is 5.41 Å². The highest BCUT2D eigenvalue weighted by Gasteiger charge is 2.47. The minimum Gasteiger partial charge on any atom is -0.460 e. The predicted octanol–water partition coefficient (Wildman–Crippen LogP) is 7.63. The van der Waals surface area contributed by atoms with Gasteiger partial charge in [-0.3, -0.25) is 9.59 Å². The lowest BCUT2D eigenvalue weighted by Crippen LogP contribution is -2.44. The van der Waals surface area contributed by atoms with Crippen LogP contribution in [0.2, 0.25) is 0 Å². The maximum absolute atomic E-state index is 13.9. The minimum atomic E-state index is -0.579. The summed E-state index contributed by atoms with van der Waals surface area (Å²) in [5.74, 6) is -0.776. The Morgan fingerprint density at radius 1 is 0.667 bits per heavy atom. The van der Waals surface area contributed by atoms with Crippen LogP contribution in [0.5, 0.6) is 0 Å². The van der Waals surface area contributed by atoms with E-state index in [1.165, 1.54) is 0 Å². The molecule has 3 rings (SSSR count). The molecule has 2 unspecified atom stereocenters. The second-order valence-corrected chi connectivity index (χ2v) is 12.2. The Morgan fingerprint density at radius 2 is 1.14 bits per heavy atom. The molecule has 4 nitrogen and oxygen atoms in total. The number of hydrogen-bond donors (Lipinski definition) is 0. The minimum absolute atomic E-state index is 0.116. The Morgan fingerprint density at radius 3 is 1.64 bits per heavy atom. The Hall–Kier alpha value is -2.62. The van der Waals surface area contributed by atoms with Crippen molar-refractivity contribution in [3.05, 3.63) is 71.8 Å². The van der Waals surface area contributed by atoms with Crippen LogP contribution in [0.4, 0.5) is 0 Å². The van der Waals surface area contributed by atoms with E-state index in [9.17, 15) is 9.59 Å². The van der Waals surface area contributed by atoms with E-state index in [1.807, 2.05) is 53.7 Å². The van der Waals surface area contributed by atoms with E-state index in [4.69, 9.17) is 9.47 Å². The molecular weight excluding hydrogens is 448 g/mol. The van der Waals surface area contributed by atoms with Gasteiger partial charge in [0.1, 0.15) is 11.2 Å². The summed E-state index contributed by atoms with van der Waals surface area (Å²) in [6, 6.07) is 20.9. The summed E-state index contributed by atoms with van der Waals surface area (Å²) in [6.07, 6.45) is 5.56. The maximum Gasteiger partial charge on any atom is 0.310 e. The fraction of sp³-hybridized carbons (Fsp3) is 0.562. The summed E-state index contributed by atoms with van der Waals surface area (Å²) in [4.78, 5) is 26.9. The molecule has 2 aromatic carbocycles. The van der Waals surface area contributed by atoms with Gasteiger partial charge in [0.15, 0.2) is 0 Å². The van der Waals surface area contributed by atoms with Crippen LogP contribution in [0, 0.1) is 11.8 Å². The van der Waals surface area contributed by atoms with Crippen molar-refractivity contribution in [2.24, 2.45) is 11.8 Å². The summed E-state index contributed by atoms with van der Waals surface area (Å²) in [7, 11) is 0. The Bertz CT molecular complexity index is 943. The normalized spacial score (nSPS) is 21.3. The van der Waals surface area contributed by atoms with Crippen LogP contribution < -0.4 is 0 Å². The zero-order valence-electron chi connectivity index (χ0n) is 23.0. The van der Waals surface area contributed by atoms with Crippen LogP contribution in [0.15, 0.2) is 60.7 Å². The van der Waals surface area contributed by atoms with E-state index in [2.05, 4.69) is 48.5 Å². The second kappa shape index (κ2) is 11.6. The molecule has 0 bridgehead atoms. The first-order valence-corrected chi connectivity index (χ1v) is 13.5. The van der Waals surface area contributed by atoms with Gasteiger partial charge in [-0.2, -0.15) is 0 Å². The van der Waals surface area contributed by atoms with E-state index in [0.717, 1.165) is 43.2 Å². The van der Waals surface area contributed by atoms with Gasteiger partial charge >= 0.3 is 11.9 Å². The molecule has 0 spiro atoms. The van der Waals surface area contributed by atoms with Crippen LogP contribution in [-0.4, -0.2) is 23.1 Å². The van der Waals surface area contributed by atoms with Crippen LogP contribution in [-0.2, 0) is 24.5 Å². The van der Waals surface area contributed by atoms with Crippen LogP contribution >= 0.6 is 0 Å². The zero-order valence-corrected chi connectivity index (χ0v) is 23.0. The number of ether oxygens (including phenoxy) is 2. The van der Waals surface area contributed by atoms with Gasteiger partial charge in [-0.25, -0.2) is 0 Å². The third-order valence-electron chi connectivity index (χ3n) is 7.02. The smallest absolute Gasteiger partial charge is 0.310 e. The molecule has 0 N–H and O–H groups in total. The molecule has 1 saturated carbocycles. The Balaban J connectivity index is 2.04. The highest BCUT2D eigenvalue weighted by atomic mass is 16.6. The molecule has 1 fully saturated rings. The Labute approximate surface area is 217 Å². The number of rotatable bonds is 4. The number of carbonyl (C=O) groups excluding carboxylic acids is 2. The average Bonchev–Trinajstić information content (AvgIpc) is 2.80. The van der Waals surface area contributed by atoms with Gasteiger partial charge in [0.2, 0.25) is 0 Å². The van der Waals surface area contributed by atoms with Crippen molar-refractivity contribution in [2.45, 2.75) is 103 Å². The number of hydrogen-bond acceptors (Lipinski definition) is 4. The van der Waals surface area contributed by atoms with Crippen molar-refractivity contribution in [1.82, 2.24) is 0 Å². The van der Waals surface area contributed by atoms with Gasteiger partial charge in [-0.1, -0.05) is 79.9 Å². The fourth-order valence-corrected chi connectivity index (χ4v) is 5.57. The van der Waals surface area contributed by atoms with Crippen LogP contribution in [0.1, 0.15) is 97.6 Å². The molecule has 0 aliphatic heterocycles. The van der Waals surface area contributed by atoms with Crippen molar-refractivity contribution in [3.63, 3.8) is 0 Å². The summed E-state index contributed by atoms with van der Waals surface area (Å²) >= 11 is 0. The summed E-state index contributed by atoms with van der Waals surface area (Å²) in [6.45, 7) is 11.5. The van der Waals surface area contributed by atoms with Gasteiger partial charge in [0.25, 0.3) is 0 Å². The lowest BCUT2D eigenvalue weighted by atomic mass is 9.61. The standard InChI is InChI=1S/C32H44O4/c1-30(2,3)35-28(33)24-16-13-14-23-32(25-18-9-7-10-19-25,26-20-11-8-12-21-26)27(22-15-17-24)29(34)36-31(4,5)6/h7-12,18-21,24,27H,13-17,22-23H2,1-6H3. The van der Waals surface area contributed by atoms with Crippen molar-refractivity contribution >= 4 is 11.9 Å². The van der Waals surface area contributed by atoms with E-state index in [1.54, 1.807) is 0 Å². The lowest BCUT2D eigenvalue weighted by Gasteiger charge is -2.43. The molecule has 0 radical (unpaired) electrons. The van der Waals surface area contributed by atoms with Gasteiger partial charge in [0.05, 0.1) is 11.8 Å². The van der Waals surface area contributed by atoms with E-state index < -0.39 is 16.6 Å². The summed E-state index contributed by atoms with van der Waals surface area (Å²) < 4.78 is 11.8. The Kier molecular flexibility index (Phi) is 9.03. The predicted molar refractivity (Wildman–Crippen MR) is 145 cm³/mol. The first-order chi connectivity index (χ1) is 16.9. The summed E-state index contributed by atoms with van der Waals surface area (Å²) in [5.41, 5.74) is 0.725. The molecule has 0 saturated heterocycles. The molecule has 196 valence electrons. The van der Waals surface area contributed by atoms with Gasteiger partial charge < -0.3 is 9.47 Å². The third kappa shape index (κ3) is 7.21. The fourth-order valence-electron chi connectivity index (χ4n) is 5.57. The number of benzene rings is 2. The maximum atomic E-state index is 13.9. The van der Waals surface area contributed by atoms with Crippen molar-refractivity contribution in [2.75, 3.05) is 0 Å². The van der Waals surface area contributed by atoms with Crippen LogP contribution in [0.25, 0.3) is 0 Å². The first kappa shape index (κ1) is 28.0. The topological polar surface area (TPSA) is 52.6 Å². The van der Waals surface area contributed by atoms with E-state index in [0.29, 0.717) is 12.8 Å². The SMILES string of the molecule is CC(C)(C)OC(=O)C1CCCCC(c2ccccc2)(c2ccccc2)C(C(=O)OC(C)(C)C)CCC1. The van der Waals surface area contributed by atoms with E-state index in [-0.39, 0.29) is 23.8 Å². The van der Waals surface area contributed by atoms with Crippen LogP contribution in [0.3, 0.4) is 0 Å². The molecule has 4 heteroatoms. The first-order valence-electron chi connectivity index (χ1n) is 13.5. The zero-order chi connectivity index (χ0) is 26.4. The van der Waals surface area contributed by atoms with Crippen molar-refractivity contribution < 1.29 is 19.1 Å². The number of esters is 2. The van der Waals surface area contributed by atoms with Gasteiger partial charge in [-0.05, 0) is 78.4 Å². The number of carbonyl (C=O) groups is 2. The molecule has 2 atom stereocenters. The van der Waals surface area contributed by atoms with Crippen molar-refractivity contribution in [1.29, 1.82) is 0 Å².